The van der Waals surface area contributed by atoms with Crippen LogP contribution in [0.25, 0.3) is 0 Å². The lowest BCUT2D eigenvalue weighted by atomic mass is 9.96. The Morgan fingerprint density at radius 2 is 1.80 bits per heavy atom. The second-order valence-electron chi connectivity index (χ2n) is 7.46. The van der Waals surface area contributed by atoms with Crippen LogP contribution in [0.4, 0.5) is 10.1 Å². The molecule has 1 aliphatic rings. The topological polar surface area (TPSA) is 70.7 Å². The van der Waals surface area contributed by atoms with Gasteiger partial charge in [-0.1, -0.05) is 18.2 Å². The number of amides is 2. The van der Waals surface area contributed by atoms with Crippen LogP contribution in [0.3, 0.4) is 0 Å². The molecule has 1 heterocycles. The minimum absolute atomic E-state index is 0.0286. The number of anilines is 1. The highest BCUT2D eigenvalue weighted by Gasteiger charge is 2.25. The summed E-state index contributed by atoms with van der Waals surface area (Å²) in [7, 11) is 1.64. The van der Waals surface area contributed by atoms with Crippen molar-refractivity contribution < 1.29 is 18.7 Å². The highest BCUT2D eigenvalue weighted by Crippen LogP contribution is 2.19. The number of carbonyl (C=O) groups is 2. The maximum absolute atomic E-state index is 12.9. The molecule has 2 aromatic carbocycles. The van der Waals surface area contributed by atoms with Crippen molar-refractivity contribution in [2.75, 3.05) is 38.6 Å². The summed E-state index contributed by atoms with van der Waals surface area (Å²) in [5.74, 6) is 0.399. The Hall–Kier alpha value is -2.93. The van der Waals surface area contributed by atoms with Crippen LogP contribution in [-0.2, 0) is 16.0 Å². The van der Waals surface area contributed by atoms with Crippen molar-refractivity contribution in [2.24, 2.45) is 5.92 Å². The van der Waals surface area contributed by atoms with Gasteiger partial charge in [-0.25, -0.2) is 4.39 Å². The van der Waals surface area contributed by atoms with E-state index in [0.717, 1.165) is 30.6 Å². The number of piperidine rings is 1. The molecule has 6 nitrogen and oxygen atoms in total. The van der Waals surface area contributed by atoms with Crippen LogP contribution in [0.2, 0.25) is 0 Å². The first-order valence-electron chi connectivity index (χ1n) is 10.2. The van der Waals surface area contributed by atoms with Gasteiger partial charge in [0.15, 0.2) is 0 Å². The second kappa shape index (κ2) is 10.7. The van der Waals surface area contributed by atoms with Crippen molar-refractivity contribution in [2.45, 2.75) is 19.3 Å². The monoisotopic (exact) mass is 413 g/mol. The van der Waals surface area contributed by atoms with E-state index in [0.29, 0.717) is 25.3 Å². The van der Waals surface area contributed by atoms with Crippen LogP contribution in [0, 0.1) is 11.7 Å². The Bertz CT molecular complexity index is 849. The molecule has 0 spiro atoms. The summed E-state index contributed by atoms with van der Waals surface area (Å²) in [4.78, 5) is 26.7. The zero-order chi connectivity index (χ0) is 21.3. The zero-order valence-corrected chi connectivity index (χ0v) is 17.2. The molecule has 7 heteroatoms. The fraction of sp³-hybridized carbons (Fsp3) is 0.391. The van der Waals surface area contributed by atoms with Crippen molar-refractivity contribution in [3.8, 4) is 5.75 Å². The Morgan fingerprint density at radius 1 is 1.10 bits per heavy atom. The molecule has 2 N–H and O–H groups in total. The summed E-state index contributed by atoms with van der Waals surface area (Å²) in [5.41, 5.74) is 1.65. The van der Waals surface area contributed by atoms with Gasteiger partial charge in [-0.15, -0.1) is 0 Å². The van der Waals surface area contributed by atoms with E-state index < -0.39 is 0 Å². The van der Waals surface area contributed by atoms with Gasteiger partial charge in [-0.2, -0.15) is 0 Å². The molecule has 0 saturated carbocycles. The lowest BCUT2D eigenvalue weighted by Crippen LogP contribution is -2.43. The Kier molecular flexibility index (Phi) is 7.79. The van der Waals surface area contributed by atoms with Gasteiger partial charge in [0.2, 0.25) is 11.8 Å². The summed E-state index contributed by atoms with van der Waals surface area (Å²) < 4.78 is 18.3. The highest BCUT2D eigenvalue weighted by molar-refractivity contribution is 5.92. The van der Waals surface area contributed by atoms with Crippen molar-refractivity contribution in [1.29, 1.82) is 0 Å². The summed E-state index contributed by atoms with van der Waals surface area (Å²) >= 11 is 0. The smallest absolute Gasteiger partial charge is 0.238 e. The van der Waals surface area contributed by atoms with Crippen LogP contribution < -0.4 is 15.4 Å². The van der Waals surface area contributed by atoms with Gasteiger partial charge in [0.05, 0.1) is 13.7 Å². The largest absolute Gasteiger partial charge is 0.496 e. The van der Waals surface area contributed by atoms with E-state index in [1.54, 1.807) is 7.11 Å². The molecule has 1 aliphatic heterocycles. The number of likely N-dealkylation sites (tertiary alicyclic amines) is 1. The lowest BCUT2D eigenvalue weighted by molar-refractivity contribution is -0.126. The number of nitrogens with zero attached hydrogens (tertiary/aromatic N) is 1. The molecule has 0 bridgehead atoms. The molecule has 1 saturated heterocycles. The average molecular weight is 413 g/mol. The summed E-state index contributed by atoms with van der Waals surface area (Å²) in [6.45, 7) is 2.22. The highest BCUT2D eigenvalue weighted by atomic mass is 19.1. The van der Waals surface area contributed by atoms with E-state index in [1.165, 1.54) is 24.3 Å². The molecule has 0 unspecified atom stereocenters. The number of benzene rings is 2. The van der Waals surface area contributed by atoms with E-state index in [9.17, 15) is 14.0 Å². The first-order chi connectivity index (χ1) is 14.5. The number of nitrogens with one attached hydrogen (secondary N) is 2. The predicted octanol–water partition coefficient (Wildman–Crippen LogP) is 2.84. The minimum Gasteiger partial charge on any atom is -0.496 e. The molecule has 0 aliphatic carbocycles. The van der Waals surface area contributed by atoms with E-state index in [4.69, 9.17) is 4.74 Å². The van der Waals surface area contributed by atoms with Crippen LogP contribution in [-0.4, -0.2) is 50.0 Å². The van der Waals surface area contributed by atoms with E-state index in [2.05, 4.69) is 10.6 Å². The van der Waals surface area contributed by atoms with Gasteiger partial charge >= 0.3 is 0 Å². The number of halogens is 1. The van der Waals surface area contributed by atoms with Gasteiger partial charge in [0.25, 0.3) is 0 Å². The Morgan fingerprint density at radius 3 is 2.50 bits per heavy atom. The third-order valence-electron chi connectivity index (χ3n) is 5.34. The minimum atomic E-state index is -0.337. The van der Waals surface area contributed by atoms with Gasteiger partial charge < -0.3 is 15.4 Å². The number of para-hydroxylation sites is 1. The SMILES string of the molecule is COc1ccccc1CCNC(=O)C1CCN(CC(=O)Nc2ccc(F)cc2)CC1. The van der Waals surface area contributed by atoms with Gasteiger partial charge in [0, 0.05) is 18.2 Å². The average Bonchev–Trinajstić information content (AvgIpc) is 2.76. The maximum Gasteiger partial charge on any atom is 0.238 e. The molecule has 2 aromatic rings. The number of rotatable bonds is 8. The number of ether oxygens (including phenoxy) is 1. The van der Waals surface area contributed by atoms with Gasteiger partial charge in [-0.3, -0.25) is 14.5 Å². The molecular weight excluding hydrogens is 385 g/mol. The van der Waals surface area contributed by atoms with Gasteiger partial charge in [-0.05, 0) is 68.2 Å². The van der Waals surface area contributed by atoms with E-state index in [-0.39, 0.29) is 30.1 Å². The molecule has 0 radical (unpaired) electrons. The summed E-state index contributed by atoms with van der Waals surface area (Å²) in [6, 6.07) is 13.5. The molecule has 2 amide bonds. The first kappa shape index (κ1) is 21.8. The third-order valence-corrected chi connectivity index (χ3v) is 5.34. The Balaban J connectivity index is 1.36. The molecule has 0 atom stereocenters. The first-order valence-corrected chi connectivity index (χ1v) is 10.2. The number of hydrogen-bond donors (Lipinski definition) is 2. The van der Waals surface area contributed by atoms with Crippen LogP contribution >= 0.6 is 0 Å². The Labute approximate surface area is 176 Å². The number of carbonyl (C=O) groups excluding carboxylic acids is 2. The maximum atomic E-state index is 12.9. The number of hydrogen-bond acceptors (Lipinski definition) is 4. The summed E-state index contributed by atoms with van der Waals surface area (Å²) in [6.07, 6.45) is 2.17. The fourth-order valence-electron chi connectivity index (χ4n) is 3.66. The van der Waals surface area contributed by atoms with E-state index in [1.807, 2.05) is 29.2 Å². The van der Waals surface area contributed by atoms with Crippen LogP contribution in [0.5, 0.6) is 5.75 Å². The van der Waals surface area contributed by atoms with E-state index >= 15 is 0 Å². The van der Waals surface area contributed by atoms with Crippen molar-refractivity contribution in [3.63, 3.8) is 0 Å². The zero-order valence-electron chi connectivity index (χ0n) is 17.2. The molecule has 0 aromatic heterocycles. The van der Waals surface area contributed by atoms with Crippen LogP contribution in [0.15, 0.2) is 48.5 Å². The fourth-order valence-corrected chi connectivity index (χ4v) is 3.66. The number of methoxy groups -OCH3 is 1. The quantitative estimate of drug-likeness (QED) is 0.698. The molecule has 160 valence electrons. The normalized spacial score (nSPS) is 14.9. The third kappa shape index (κ3) is 6.29. The molecular formula is C23H28FN3O3. The predicted molar refractivity (Wildman–Crippen MR) is 114 cm³/mol. The lowest BCUT2D eigenvalue weighted by Gasteiger charge is -2.30. The molecule has 1 fully saturated rings. The van der Waals surface area contributed by atoms with Crippen molar-refractivity contribution in [3.05, 3.63) is 59.9 Å². The summed E-state index contributed by atoms with van der Waals surface area (Å²) in [5, 5.41) is 5.79. The van der Waals surface area contributed by atoms with Crippen molar-refractivity contribution >= 4 is 17.5 Å². The molecule has 3 rings (SSSR count). The van der Waals surface area contributed by atoms with Gasteiger partial charge in [0.1, 0.15) is 11.6 Å². The standard InChI is InChI=1S/C23H28FN3O3/c1-30-21-5-3-2-4-17(21)10-13-25-23(29)18-11-14-27(15-12-18)16-22(28)26-20-8-6-19(24)7-9-20/h2-9,18H,10-16H2,1H3,(H,25,29)(H,26,28). The second-order valence-corrected chi connectivity index (χ2v) is 7.46. The van der Waals surface area contributed by atoms with Crippen LogP contribution in [0.1, 0.15) is 18.4 Å². The molecule has 30 heavy (non-hydrogen) atoms. The van der Waals surface area contributed by atoms with Crippen molar-refractivity contribution in [1.82, 2.24) is 10.2 Å².